The monoisotopic (exact) mass is 296 g/mol. The van der Waals surface area contributed by atoms with Crippen molar-refractivity contribution < 1.29 is 4.79 Å². The van der Waals surface area contributed by atoms with Gasteiger partial charge in [0.1, 0.15) is 5.54 Å². The van der Waals surface area contributed by atoms with E-state index in [1.807, 2.05) is 0 Å². The molecule has 3 N–H and O–H groups in total. The smallest absolute Gasteiger partial charge is 0.238 e. The van der Waals surface area contributed by atoms with Crippen LogP contribution in [0.15, 0.2) is 0 Å². The molecule has 0 aromatic carbocycles. The van der Waals surface area contributed by atoms with E-state index in [-0.39, 0.29) is 5.91 Å². The van der Waals surface area contributed by atoms with Crippen molar-refractivity contribution in [2.45, 2.75) is 50.6 Å². The molecule has 1 saturated heterocycles. The Bertz CT molecular complexity index is 360. The third kappa shape index (κ3) is 3.58. The summed E-state index contributed by atoms with van der Waals surface area (Å²) in [5, 5.41) is 3.41. The predicted octanol–water partition coefficient (Wildman–Crippen LogP) is 0.646. The lowest BCUT2D eigenvalue weighted by Gasteiger charge is -2.34. The fourth-order valence-corrected chi connectivity index (χ4v) is 4.20. The number of likely N-dealkylation sites (N-methyl/N-ethyl adjacent to an activating group) is 2. The van der Waals surface area contributed by atoms with E-state index in [1.165, 1.54) is 13.0 Å². The zero-order valence-electron chi connectivity index (χ0n) is 13.9. The summed E-state index contributed by atoms with van der Waals surface area (Å²) in [4.78, 5) is 16.9. The highest BCUT2D eigenvalue weighted by Crippen LogP contribution is 2.38. The second-order valence-corrected chi connectivity index (χ2v) is 6.95. The Morgan fingerprint density at radius 3 is 2.76 bits per heavy atom. The van der Waals surface area contributed by atoms with Gasteiger partial charge in [-0.1, -0.05) is 13.3 Å². The minimum Gasteiger partial charge on any atom is -0.368 e. The summed E-state index contributed by atoms with van der Waals surface area (Å²) in [6.07, 6.45) is 5.48. The van der Waals surface area contributed by atoms with E-state index in [9.17, 15) is 4.79 Å². The molecule has 3 atom stereocenters. The number of primary amides is 1. The zero-order chi connectivity index (χ0) is 15.5. The minimum atomic E-state index is -0.449. The van der Waals surface area contributed by atoms with Crippen LogP contribution in [0.1, 0.15) is 39.0 Å². The van der Waals surface area contributed by atoms with Gasteiger partial charge in [0.25, 0.3) is 0 Å². The summed E-state index contributed by atoms with van der Waals surface area (Å²) in [5.74, 6) is 0.243. The molecule has 1 aliphatic carbocycles. The van der Waals surface area contributed by atoms with Gasteiger partial charge < -0.3 is 20.9 Å². The lowest BCUT2D eigenvalue weighted by molar-refractivity contribution is -0.126. The maximum atomic E-state index is 12.0. The lowest BCUT2D eigenvalue weighted by atomic mass is 9.83. The summed E-state index contributed by atoms with van der Waals surface area (Å²) in [6.45, 7) is 6.30. The molecule has 0 radical (unpaired) electrons. The van der Waals surface area contributed by atoms with Crippen molar-refractivity contribution in [1.82, 2.24) is 15.1 Å². The molecule has 0 aromatic heterocycles. The maximum absolute atomic E-state index is 12.0. The van der Waals surface area contributed by atoms with E-state index >= 15 is 0 Å². The van der Waals surface area contributed by atoms with Crippen LogP contribution < -0.4 is 11.1 Å². The molecule has 3 unspecified atom stereocenters. The summed E-state index contributed by atoms with van der Waals surface area (Å²) in [7, 11) is 4.32. The first-order valence-corrected chi connectivity index (χ1v) is 8.43. The summed E-state index contributed by atoms with van der Waals surface area (Å²) in [5.41, 5.74) is 5.28. The van der Waals surface area contributed by atoms with Crippen molar-refractivity contribution in [2.24, 2.45) is 11.7 Å². The number of hydrogen-bond donors (Lipinski definition) is 2. The van der Waals surface area contributed by atoms with Gasteiger partial charge >= 0.3 is 0 Å². The molecule has 5 heteroatoms. The van der Waals surface area contributed by atoms with Gasteiger partial charge in [0.05, 0.1) is 0 Å². The zero-order valence-corrected chi connectivity index (χ0v) is 13.9. The van der Waals surface area contributed by atoms with Crippen molar-refractivity contribution >= 4 is 5.91 Å². The van der Waals surface area contributed by atoms with Crippen LogP contribution in [0.3, 0.4) is 0 Å². The second-order valence-electron chi connectivity index (χ2n) is 6.95. The van der Waals surface area contributed by atoms with Crippen LogP contribution in [0.2, 0.25) is 0 Å². The van der Waals surface area contributed by atoms with Crippen molar-refractivity contribution in [3.05, 3.63) is 0 Å². The third-order valence-corrected chi connectivity index (χ3v) is 5.52. The number of hydrogen-bond acceptors (Lipinski definition) is 4. The number of nitrogens with two attached hydrogens (primary N) is 1. The van der Waals surface area contributed by atoms with E-state index in [1.54, 1.807) is 0 Å². The largest absolute Gasteiger partial charge is 0.368 e. The molecule has 2 aliphatic rings. The molecule has 2 rings (SSSR count). The van der Waals surface area contributed by atoms with Crippen LogP contribution in [-0.4, -0.2) is 67.6 Å². The number of carbonyl (C=O) groups is 1. The molecular weight excluding hydrogens is 264 g/mol. The SMILES string of the molecule is CCNC1(C(N)=O)CCCC1CCN1CCC(N(C)C)C1. The topological polar surface area (TPSA) is 61.6 Å². The summed E-state index contributed by atoms with van der Waals surface area (Å²) in [6, 6.07) is 0.684. The molecule has 0 bridgehead atoms. The Kier molecular flexibility index (Phi) is 5.63. The van der Waals surface area contributed by atoms with E-state index in [2.05, 4.69) is 36.1 Å². The van der Waals surface area contributed by atoms with Crippen LogP contribution >= 0.6 is 0 Å². The first-order chi connectivity index (χ1) is 9.99. The highest BCUT2D eigenvalue weighted by atomic mass is 16.1. The van der Waals surface area contributed by atoms with Crippen molar-refractivity contribution in [1.29, 1.82) is 0 Å². The molecule has 21 heavy (non-hydrogen) atoms. The van der Waals surface area contributed by atoms with Gasteiger partial charge in [-0.25, -0.2) is 0 Å². The molecule has 5 nitrogen and oxygen atoms in total. The number of nitrogens with one attached hydrogen (secondary N) is 1. The first-order valence-electron chi connectivity index (χ1n) is 8.43. The highest BCUT2D eigenvalue weighted by molar-refractivity contribution is 5.85. The average Bonchev–Trinajstić information content (AvgIpc) is 3.04. The van der Waals surface area contributed by atoms with Crippen molar-refractivity contribution in [3.8, 4) is 0 Å². The molecule has 1 aliphatic heterocycles. The normalized spacial score (nSPS) is 33.9. The molecule has 2 fully saturated rings. The number of amides is 1. The summed E-state index contributed by atoms with van der Waals surface area (Å²) < 4.78 is 0. The minimum absolute atomic E-state index is 0.153. The fourth-order valence-electron chi connectivity index (χ4n) is 4.20. The molecular formula is C16H32N4O. The Morgan fingerprint density at radius 2 is 2.19 bits per heavy atom. The van der Waals surface area contributed by atoms with Gasteiger partial charge in [-0.2, -0.15) is 0 Å². The van der Waals surface area contributed by atoms with Crippen molar-refractivity contribution in [3.63, 3.8) is 0 Å². The van der Waals surface area contributed by atoms with E-state index in [4.69, 9.17) is 5.73 Å². The Morgan fingerprint density at radius 1 is 1.43 bits per heavy atom. The summed E-state index contributed by atoms with van der Waals surface area (Å²) >= 11 is 0. The quantitative estimate of drug-likeness (QED) is 0.724. The molecule has 0 aromatic rings. The van der Waals surface area contributed by atoms with E-state index in [0.29, 0.717) is 12.0 Å². The van der Waals surface area contributed by atoms with Crippen LogP contribution in [-0.2, 0) is 4.79 Å². The second kappa shape index (κ2) is 7.07. The van der Waals surface area contributed by atoms with Crippen LogP contribution in [0.25, 0.3) is 0 Å². The molecule has 1 saturated carbocycles. The van der Waals surface area contributed by atoms with Gasteiger partial charge in [-0.15, -0.1) is 0 Å². The Balaban J connectivity index is 1.88. The van der Waals surface area contributed by atoms with Gasteiger partial charge in [0.2, 0.25) is 5.91 Å². The van der Waals surface area contributed by atoms with Crippen molar-refractivity contribution in [2.75, 3.05) is 40.3 Å². The number of nitrogens with zero attached hydrogens (tertiary/aromatic N) is 2. The van der Waals surface area contributed by atoms with Gasteiger partial charge in [-0.05, 0) is 65.3 Å². The van der Waals surface area contributed by atoms with E-state index < -0.39 is 5.54 Å². The molecule has 0 spiro atoms. The van der Waals surface area contributed by atoms with Crippen LogP contribution in [0, 0.1) is 5.92 Å². The van der Waals surface area contributed by atoms with Gasteiger partial charge in [-0.3, -0.25) is 4.79 Å². The number of rotatable bonds is 7. The number of carbonyl (C=O) groups excluding carboxylic acids is 1. The van der Waals surface area contributed by atoms with Crippen LogP contribution in [0.5, 0.6) is 0 Å². The molecule has 122 valence electrons. The number of likely N-dealkylation sites (tertiary alicyclic amines) is 1. The molecule has 1 amide bonds. The predicted molar refractivity (Wildman–Crippen MR) is 86.1 cm³/mol. The fraction of sp³-hybridized carbons (Fsp3) is 0.938. The first kappa shape index (κ1) is 16.7. The van der Waals surface area contributed by atoms with E-state index in [0.717, 1.165) is 45.3 Å². The highest BCUT2D eigenvalue weighted by Gasteiger charge is 2.46. The lowest BCUT2D eigenvalue weighted by Crippen LogP contribution is -2.58. The Hall–Kier alpha value is -0.650. The van der Waals surface area contributed by atoms with Gasteiger partial charge in [0.15, 0.2) is 0 Å². The third-order valence-electron chi connectivity index (χ3n) is 5.52. The Labute approximate surface area is 129 Å². The van der Waals surface area contributed by atoms with Gasteiger partial charge in [0, 0.05) is 12.6 Å². The standard InChI is InChI=1S/C16H32N4O/c1-4-18-16(15(17)21)9-5-6-13(16)7-10-20-11-8-14(12-20)19(2)3/h13-14,18H,4-12H2,1-3H3,(H2,17,21). The average molecular weight is 296 g/mol. The van der Waals surface area contributed by atoms with Crippen LogP contribution in [0.4, 0.5) is 0 Å². The molecule has 1 heterocycles. The maximum Gasteiger partial charge on any atom is 0.238 e.